The van der Waals surface area contributed by atoms with Crippen molar-refractivity contribution in [3.63, 3.8) is 0 Å². The van der Waals surface area contributed by atoms with Crippen LogP contribution < -0.4 is 5.73 Å². The Kier molecular flexibility index (Phi) is 6.12. The third-order valence-electron chi connectivity index (χ3n) is 6.37. The number of carboxylic acids is 1. The number of hydrogen-bond acceptors (Lipinski definition) is 6. The predicted octanol–water partition coefficient (Wildman–Crippen LogP) is 3.52. The van der Waals surface area contributed by atoms with Gasteiger partial charge in [-0.15, -0.1) is 0 Å². The van der Waals surface area contributed by atoms with Gasteiger partial charge in [0.05, 0.1) is 0 Å². The normalized spacial score (nSPS) is 22.0. The van der Waals surface area contributed by atoms with Crippen LogP contribution in [0.1, 0.15) is 50.7 Å². The summed E-state index contributed by atoms with van der Waals surface area (Å²) in [7, 11) is 0. The number of nitrogens with zero attached hydrogens (tertiary/aromatic N) is 1. The zero-order valence-corrected chi connectivity index (χ0v) is 19.6. The number of benzene rings is 2. The molecule has 8 heteroatoms. The predicted molar refractivity (Wildman–Crippen MR) is 125 cm³/mol. The molecule has 0 bridgehead atoms. The van der Waals surface area contributed by atoms with Crippen molar-refractivity contribution in [1.82, 2.24) is 4.90 Å². The van der Waals surface area contributed by atoms with Crippen LogP contribution >= 0.6 is 0 Å². The van der Waals surface area contributed by atoms with Gasteiger partial charge < -0.3 is 20.3 Å². The van der Waals surface area contributed by atoms with Crippen molar-refractivity contribution >= 4 is 18.0 Å². The molecule has 2 aromatic rings. The number of hydrogen-bond donors (Lipinski definition) is 2. The fourth-order valence-electron chi connectivity index (χ4n) is 4.90. The molecular formula is C26H30N2O6. The van der Waals surface area contributed by atoms with E-state index in [0.29, 0.717) is 6.42 Å². The van der Waals surface area contributed by atoms with Crippen LogP contribution in [0.3, 0.4) is 0 Å². The van der Waals surface area contributed by atoms with Crippen LogP contribution in [-0.2, 0) is 19.1 Å². The second-order valence-electron chi connectivity index (χ2n) is 9.88. The van der Waals surface area contributed by atoms with E-state index in [0.717, 1.165) is 27.2 Å². The van der Waals surface area contributed by atoms with E-state index in [1.165, 1.54) is 0 Å². The van der Waals surface area contributed by atoms with Crippen LogP contribution in [0, 0.1) is 0 Å². The number of carbonyl (C=O) groups is 3. The summed E-state index contributed by atoms with van der Waals surface area (Å²) < 4.78 is 11.1. The summed E-state index contributed by atoms with van der Waals surface area (Å²) in [5, 5.41) is 9.94. The number of carboxylic acid groups (broad SMARTS) is 1. The van der Waals surface area contributed by atoms with Crippen LogP contribution in [0.25, 0.3) is 11.1 Å². The summed E-state index contributed by atoms with van der Waals surface area (Å²) in [5.41, 5.74) is 7.88. The number of ether oxygens (including phenoxy) is 2. The van der Waals surface area contributed by atoms with Gasteiger partial charge in [-0.1, -0.05) is 48.5 Å². The van der Waals surface area contributed by atoms with Gasteiger partial charge in [-0.25, -0.2) is 14.4 Å². The van der Waals surface area contributed by atoms with Crippen LogP contribution in [-0.4, -0.2) is 58.4 Å². The molecular weight excluding hydrogens is 436 g/mol. The van der Waals surface area contributed by atoms with Gasteiger partial charge in [-0.3, -0.25) is 4.90 Å². The fourth-order valence-corrected chi connectivity index (χ4v) is 4.90. The molecule has 1 heterocycles. The van der Waals surface area contributed by atoms with E-state index < -0.39 is 35.2 Å². The zero-order valence-electron chi connectivity index (χ0n) is 19.6. The summed E-state index contributed by atoms with van der Waals surface area (Å²) >= 11 is 0. The van der Waals surface area contributed by atoms with Gasteiger partial charge in [0, 0.05) is 12.5 Å². The first-order valence-electron chi connectivity index (χ1n) is 11.4. The molecule has 180 valence electrons. The van der Waals surface area contributed by atoms with Gasteiger partial charge in [0.15, 0.2) is 6.04 Å². The fraction of sp³-hybridized carbons (Fsp3) is 0.423. The van der Waals surface area contributed by atoms with Crippen LogP contribution in [0.15, 0.2) is 48.5 Å². The standard InChI is InChI=1S/C26H30N2O6/c1-25(2,3)34-23(31)26(27)13-8-14-28(21(26)22(29)30)24(32)33-15-20-18-11-6-4-9-16(18)17-10-5-7-12-19(17)20/h4-7,9-12,20-21H,8,13-15,27H2,1-3H3,(H,29,30). The Morgan fingerprint density at radius 1 is 1.06 bits per heavy atom. The second-order valence-corrected chi connectivity index (χ2v) is 9.88. The lowest BCUT2D eigenvalue weighted by atomic mass is 9.81. The Hall–Kier alpha value is -3.39. The van der Waals surface area contributed by atoms with Gasteiger partial charge in [-0.2, -0.15) is 0 Å². The van der Waals surface area contributed by atoms with E-state index in [1.807, 2.05) is 48.5 Å². The number of fused-ring (bicyclic) bond motifs is 3. The zero-order chi connectivity index (χ0) is 24.7. The minimum Gasteiger partial charge on any atom is -0.480 e. The first-order chi connectivity index (χ1) is 16.0. The van der Waals surface area contributed by atoms with Gasteiger partial charge in [-0.05, 0) is 55.9 Å². The lowest BCUT2D eigenvalue weighted by Gasteiger charge is -2.43. The monoisotopic (exact) mass is 466 g/mol. The summed E-state index contributed by atoms with van der Waals surface area (Å²) in [6.07, 6.45) is -0.372. The molecule has 0 radical (unpaired) electrons. The van der Waals surface area contributed by atoms with E-state index in [2.05, 4.69) is 0 Å². The molecule has 2 aliphatic rings. The van der Waals surface area contributed by atoms with Crippen molar-refractivity contribution in [2.75, 3.05) is 13.2 Å². The molecule has 2 aromatic carbocycles. The minimum atomic E-state index is -1.87. The number of aliphatic carboxylic acids is 1. The highest BCUT2D eigenvalue weighted by Gasteiger charge is 2.55. The average Bonchev–Trinajstić information content (AvgIpc) is 3.09. The van der Waals surface area contributed by atoms with E-state index >= 15 is 0 Å². The summed E-state index contributed by atoms with van der Waals surface area (Å²) in [4.78, 5) is 39.2. The number of esters is 1. The largest absolute Gasteiger partial charge is 0.480 e. The third kappa shape index (κ3) is 4.25. The Morgan fingerprint density at radius 3 is 2.15 bits per heavy atom. The third-order valence-corrected chi connectivity index (χ3v) is 6.37. The number of carbonyl (C=O) groups excluding carboxylic acids is 2. The Bertz CT molecular complexity index is 1080. The first-order valence-corrected chi connectivity index (χ1v) is 11.4. The highest BCUT2D eigenvalue weighted by molar-refractivity contribution is 5.93. The van der Waals surface area contributed by atoms with Crippen molar-refractivity contribution < 1.29 is 29.0 Å². The second kappa shape index (κ2) is 8.76. The number of rotatable bonds is 4. The molecule has 34 heavy (non-hydrogen) atoms. The molecule has 0 aromatic heterocycles. The highest BCUT2D eigenvalue weighted by atomic mass is 16.6. The van der Waals surface area contributed by atoms with Crippen LogP contribution in [0.5, 0.6) is 0 Å². The molecule has 3 N–H and O–H groups in total. The molecule has 1 amide bonds. The molecule has 1 fully saturated rings. The quantitative estimate of drug-likeness (QED) is 0.662. The molecule has 1 saturated heterocycles. The van der Waals surface area contributed by atoms with Crippen molar-refractivity contribution in [2.45, 2.75) is 56.7 Å². The summed E-state index contributed by atoms with van der Waals surface area (Å²) in [6, 6.07) is 14.3. The first kappa shape index (κ1) is 23.8. The Labute approximate surface area is 198 Å². The van der Waals surface area contributed by atoms with E-state index in [-0.39, 0.29) is 25.5 Å². The smallest absolute Gasteiger partial charge is 0.410 e. The van der Waals surface area contributed by atoms with Gasteiger partial charge >= 0.3 is 18.0 Å². The lowest BCUT2D eigenvalue weighted by molar-refractivity contribution is -0.171. The molecule has 1 aliphatic heterocycles. The molecule has 2 unspecified atom stereocenters. The number of piperidine rings is 1. The van der Waals surface area contributed by atoms with Gasteiger partial charge in [0.25, 0.3) is 0 Å². The van der Waals surface area contributed by atoms with Crippen molar-refractivity contribution in [2.24, 2.45) is 5.73 Å². The van der Waals surface area contributed by atoms with E-state index in [1.54, 1.807) is 20.8 Å². The number of nitrogens with two attached hydrogens (primary N) is 1. The van der Waals surface area contributed by atoms with Gasteiger partial charge in [0.1, 0.15) is 17.7 Å². The minimum absolute atomic E-state index is 0.0414. The molecule has 1 aliphatic carbocycles. The number of amides is 1. The van der Waals surface area contributed by atoms with Crippen molar-refractivity contribution in [3.8, 4) is 11.1 Å². The lowest BCUT2D eigenvalue weighted by Crippen LogP contribution is -2.70. The number of likely N-dealkylation sites (tertiary alicyclic amines) is 1. The SMILES string of the molecule is CC(C)(C)OC(=O)C1(N)CCCN(C(=O)OCC2c3ccccc3-c3ccccc32)C1C(=O)O. The van der Waals surface area contributed by atoms with Crippen LogP contribution in [0.2, 0.25) is 0 Å². The van der Waals surface area contributed by atoms with Gasteiger partial charge in [0.2, 0.25) is 0 Å². The molecule has 8 nitrogen and oxygen atoms in total. The molecule has 0 spiro atoms. The Morgan fingerprint density at radius 2 is 1.62 bits per heavy atom. The maximum atomic E-state index is 13.1. The average molecular weight is 467 g/mol. The molecule has 2 atom stereocenters. The van der Waals surface area contributed by atoms with E-state index in [4.69, 9.17) is 15.2 Å². The van der Waals surface area contributed by atoms with Crippen molar-refractivity contribution in [1.29, 1.82) is 0 Å². The highest BCUT2D eigenvalue weighted by Crippen LogP contribution is 2.44. The maximum absolute atomic E-state index is 13.1. The molecule has 0 saturated carbocycles. The topological polar surface area (TPSA) is 119 Å². The maximum Gasteiger partial charge on any atom is 0.410 e. The van der Waals surface area contributed by atoms with Crippen LogP contribution in [0.4, 0.5) is 4.79 Å². The Balaban J connectivity index is 1.55. The summed E-state index contributed by atoms with van der Waals surface area (Å²) in [6.45, 7) is 5.19. The summed E-state index contributed by atoms with van der Waals surface area (Å²) in [5.74, 6) is -2.39. The van der Waals surface area contributed by atoms with E-state index in [9.17, 15) is 19.5 Å². The molecule has 4 rings (SSSR count). The van der Waals surface area contributed by atoms with Crippen molar-refractivity contribution in [3.05, 3.63) is 59.7 Å².